The molecule has 0 saturated carbocycles. The highest BCUT2D eigenvalue weighted by atomic mass is 32.2. The molecule has 0 saturated heterocycles. The Bertz CT molecular complexity index is 816. The second kappa shape index (κ2) is 7.44. The van der Waals surface area contributed by atoms with Crippen LogP contribution in [0.25, 0.3) is 0 Å². The highest BCUT2D eigenvalue weighted by Crippen LogP contribution is 2.29. The molecule has 1 aliphatic rings. The number of thioether (sulfide) groups is 1. The van der Waals surface area contributed by atoms with Crippen LogP contribution in [0.3, 0.4) is 0 Å². The predicted octanol–water partition coefficient (Wildman–Crippen LogP) is 3.68. The summed E-state index contributed by atoms with van der Waals surface area (Å²) in [6.07, 6.45) is 2.00. The van der Waals surface area contributed by atoms with Gasteiger partial charge in [-0.25, -0.2) is 4.79 Å². The maximum absolute atomic E-state index is 12.8. The van der Waals surface area contributed by atoms with Gasteiger partial charge in [0, 0.05) is 16.3 Å². The number of carbonyl (C=O) groups is 2. The summed E-state index contributed by atoms with van der Waals surface area (Å²) in [5, 5.41) is 8.41. The minimum absolute atomic E-state index is 0.241. The molecule has 0 radical (unpaired) electrons. The van der Waals surface area contributed by atoms with Gasteiger partial charge in [0.25, 0.3) is 5.91 Å². The highest BCUT2D eigenvalue weighted by molar-refractivity contribution is 7.98. The van der Waals surface area contributed by atoms with E-state index in [1.165, 1.54) is 0 Å². The summed E-state index contributed by atoms with van der Waals surface area (Å²) in [4.78, 5) is 25.9. The molecule has 5 nitrogen and oxygen atoms in total. The zero-order valence-electron chi connectivity index (χ0n) is 14.0. The van der Waals surface area contributed by atoms with E-state index < -0.39 is 6.04 Å². The molecule has 3 amide bonds. The van der Waals surface area contributed by atoms with Crippen LogP contribution in [0.1, 0.15) is 18.5 Å². The average Bonchev–Trinajstić information content (AvgIpc) is 2.62. The number of rotatable bonds is 4. The number of allylic oxidation sites excluding steroid dienone is 1. The molecule has 1 aliphatic heterocycles. The van der Waals surface area contributed by atoms with Crippen LogP contribution < -0.4 is 16.0 Å². The number of benzene rings is 2. The molecule has 128 valence electrons. The largest absolute Gasteiger partial charge is 0.327 e. The summed E-state index contributed by atoms with van der Waals surface area (Å²) in [6, 6.07) is 16.3. The van der Waals surface area contributed by atoms with Crippen molar-refractivity contribution in [3.05, 3.63) is 71.4 Å². The molecule has 3 N–H and O–H groups in total. The SMILES string of the molecule is CSc1ccc([C@@H]2NC(=O)NC(C)=C2C(=O)Nc2ccccc2)cc1. The molecule has 25 heavy (non-hydrogen) atoms. The molecule has 2 aromatic rings. The van der Waals surface area contributed by atoms with E-state index in [9.17, 15) is 9.59 Å². The van der Waals surface area contributed by atoms with Crippen LogP contribution in [-0.2, 0) is 4.79 Å². The Morgan fingerprint density at radius 2 is 1.76 bits per heavy atom. The van der Waals surface area contributed by atoms with Gasteiger partial charge in [0.1, 0.15) is 0 Å². The summed E-state index contributed by atoms with van der Waals surface area (Å²) in [7, 11) is 0. The van der Waals surface area contributed by atoms with E-state index >= 15 is 0 Å². The van der Waals surface area contributed by atoms with Gasteiger partial charge < -0.3 is 16.0 Å². The molecule has 0 spiro atoms. The summed E-state index contributed by atoms with van der Waals surface area (Å²) < 4.78 is 0. The van der Waals surface area contributed by atoms with Gasteiger partial charge in [0.05, 0.1) is 11.6 Å². The Balaban J connectivity index is 1.93. The van der Waals surface area contributed by atoms with Crippen molar-refractivity contribution in [3.8, 4) is 0 Å². The van der Waals surface area contributed by atoms with Crippen molar-refractivity contribution >= 4 is 29.4 Å². The molecule has 0 fully saturated rings. The fraction of sp³-hybridized carbons (Fsp3) is 0.158. The van der Waals surface area contributed by atoms with E-state index in [-0.39, 0.29) is 11.9 Å². The Kier molecular flexibility index (Phi) is 5.09. The van der Waals surface area contributed by atoms with E-state index in [1.54, 1.807) is 18.7 Å². The Morgan fingerprint density at radius 3 is 2.40 bits per heavy atom. The Morgan fingerprint density at radius 1 is 1.08 bits per heavy atom. The van der Waals surface area contributed by atoms with Gasteiger partial charge in [-0.05, 0) is 43.0 Å². The van der Waals surface area contributed by atoms with Gasteiger partial charge in [-0.3, -0.25) is 4.79 Å². The zero-order valence-corrected chi connectivity index (χ0v) is 14.8. The molecule has 3 rings (SSSR count). The molecule has 0 aromatic heterocycles. The first-order chi connectivity index (χ1) is 12.1. The molecule has 6 heteroatoms. The smallest absolute Gasteiger partial charge is 0.319 e. The number of nitrogens with one attached hydrogen (secondary N) is 3. The first-order valence-electron chi connectivity index (χ1n) is 7.87. The second-order valence-electron chi connectivity index (χ2n) is 5.66. The lowest BCUT2D eigenvalue weighted by atomic mass is 9.95. The number of hydrogen-bond acceptors (Lipinski definition) is 3. The van der Waals surface area contributed by atoms with Gasteiger partial charge in [-0.2, -0.15) is 0 Å². The number of amides is 3. The molecule has 1 atom stereocenters. The number of urea groups is 1. The number of carbonyl (C=O) groups excluding carboxylic acids is 2. The van der Waals surface area contributed by atoms with E-state index in [4.69, 9.17) is 0 Å². The van der Waals surface area contributed by atoms with Crippen molar-refractivity contribution in [1.82, 2.24) is 10.6 Å². The maximum Gasteiger partial charge on any atom is 0.319 e. The quantitative estimate of drug-likeness (QED) is 0.735. The minimum Gasteiger partial charge on any atom is -0.327 e. The Hall–Kier alpha value is -2.73. The lowest BCUT2D eigenvalue weighted by molar-refractivity contribution is -0.113. The standard InChI is InChI=1S/C19H19N3O2S/c1-12-16(18(23)21-14-6-4-3-5-7-14)17(22-19(24)20-12)13-8-10-15(25-2)11-9-13/h3-11,17H,1-2H3,(H,21,23)(H2,20,22,24)/t17-/m0/s1. The van der Waals surface area contributed by atoms with Crippen molar-refractivity contribution in [2.24, 2.45) is 0 Å². The Labute approximate surface area is 150 Å². The van der Waals surface area contributed by atoms with Gasteiger partial charge in [-0.15, -0.1) is 11.8 Å². The topological polar surface area (TPSA) is 70.2 Å². The van der Waals surface area contributed by atoms with Gasteiger partial charge in [0.2, 0.25) is 0 Å². The summed E-state index contributed by atoms with van der Waals surface area (Å²) in [5.41, 5.74) is 2.63. The number of para-hydroxylation sites is 1. The molecule has 0 unspecified atom stereocenters. The van der Waals surface area contributed by atoms with Gasteiger partial charge in [-0.1, -0.05) is 30.3 Å². The van der Waals surface area contributed by atoms with Crippen LogP contribution in [0.2, 0.25) is 0 Å². The third-order valence-electron chi connectivity index (χ3n) is 3.99. The molecular weight excluding hydrogens is 334 g/mol. The normalized spacial score (nSPS) is 16.9. The van der Waals surface area contributed by atoms with Crippen molar-refractivity contribution < 1.29 is 9.59 Å². The molecule has 1 heterocycles. The van der Waals surface area contributed by atoms with Crippen molar-refractivity contribution in [3.63, 3.8) is 0 Å². The van der Waals surface area contributed by atoms with Crippen LogP contribution in [-0.4, -0.2) is 18.2 Å². The molecule has 0 aliphatic carbocycles. The van der Waals surface area contributed by atoms with Gasteiger partial charge in [0.15, 0.2) is 0 Å². The zero-order chi connectivity index (χ0) is 17.8. The summed E-state index contributed by atoms with van der Waals surface area (Å²) in [5.74, 6) is -0.241. The average molecular weight is 353 g/mol. The maximum atomic E-state index is 12.8. The van der Waals surface area contributed by atoms with Crippen LogP contribution in [0.4, 0.5) is 10.5 Å². The van der Waals surface area contributed by atoms with E-state index in [0.29, 0.717) is 17.0 Å². The van der Waals surface area contributed by atoms with Gasteiger partial charge >= 0.3 is 6.03 Å². The third kappa shape index (κ3) is 3.85. The number of anilines is 1. The molecular formula is C19H19N3O2S. The second-order valence-corrected chi connectivity index (χ2v) is 6.54. The van der Waals surface area contributed by atoms with Crippen LogP contribution in [0.15, 0.2) is 70.8 Å². The van der Waals surface area contributed by atoms with E-state index in [1.807, 2.05) is 60.9 Å². The fourth-order valence-corrected chi connectivity index (χ4v) is 3.17. The van der Waals surface area contributed by atoms with Crippen molar-refractivity contribution in [2.45, 2.75) is 17.9 Å². The predicted molar refractivity (Wildman–Crippen MR) is 100 cm³/mol. The van der Waals surface area contributed by atoms with Crippen LogP contribution in [0.5, 0.6) is 0 Å². The summed E-state index contributed by atoms with van der Waals surface area (Å²) in [6.45, 7) is 1.74. The fourth-order valence-electron chi connectivity index (χ4n) is 2.76. The first kappa shape index (κ1) is 17.1. The minimum atomic E-state index is -0.492. The lowest BCUT2D eigenvalue weighted by Gasteiger charge is -2.28. The van der Waals surface area contributed by atoms with Crippen LogP contribution in [0, 0.1) is 0 Å². The number of hydrogen-bond donors (Lipinski definition) is 3. The first-order valence-corrected chi connectivity index (χ1v) is 9.09. The lowest BCUT2D eigenvalue weighted by Crippen LogP contribution is -2.45. The van der Waals surface area contributed by atoms with Crippen molar-refractivity contribution in [1.29, 1.82) is 0 Å². The van der Waals surface area contributed by atoms with Crippen LogP contribution >= 0.6 is 11.8 Å². The third-order valence-corrected chi connectivity index (χ3v) is 4.74. The molecule has 0 bridgehead atoms. The summed E-state index contributed by atoms with van der Waals surface area (Å²) >= 11 is 1.64. The highest BCUT2D eigenvalue weighted by Gasteiger charge is 2.31. The van der Waals surface area contributed by atoms with E-state index in [2.05, 4.69) is 16.0 Å². The van der Waals surface area contributed by atoms with E-state index in [0.717, 1.165) is 10.5 Å². The van der Waals surface area contributed by atoms with Crippen molar-refractivity contribution in [2.75, 3.05) is 11.6 Å². The monoisotopic (exact) mass is 353 g/mol. The molecule has 2 aromatic carbocycles.